The Balaban J connectivity index is 1.08. The molecule has 1 nitrogen and oxygen atoms in total. The van der Waals surface area contributed by atoms with Crippen LogP contribution in [0.3, 0.4) is 0 Å². The summed E-state index contributed by atoms with van der Waals surface area (Å²) in [6, 6.07) is 68.9. The number of rotatable bonds is 6. The summed E-state index contributed by atoms with van der Waals surface area (Å²) < 4.78 is 0. The Kier molecular flexibility index (Phi) is 8.14. The fourth-order valence-corrected chi connectivity index (χ4v) is 9.25. The van der Waals surface area contributed by atoms with Crippen molar-refractivity contribution in [3.05, 3.63) is 199 Å². The van der Waals surface area contributed by atoms with E-state index < -0.39 is 0 Å². The summed E-state index contributed by atoms with van der Waals surface area (Å²) >= 11 is 0. The van der Waals surface area contributed by atoms with E-state index in [1.165, 1.54) is 93.3 Å². The van der Waals surface area contributed by atoms with Gasteiger partial charge in [-0.2, -0.15) is 0 Å². The zero-order valence-electron chi connectivity index (χ0n) is 30.4. The second-order valence-corrected chi connectivity index (χ2v) is 15.0. The highest BCUT2D eigenvalue weighted by Gasteiger charge is 2.43. The Hall–Kier alpha value is -6.31. The summed E-state index contributed by atoms with van der Waals surface area (Å²) in [6.07, 6.45) is 6.47. The molecule has 0 N–H and O–H groups in total. The number of benzene rings is 7. The van der Waals surface area contributed by atoms with E-state index in [1.54, 1.807) is 0 Å². The van der Waals surface area contributed by atoms with Gasteiger partial charge in [-0.25, -0.2) is 4.98 Å². The number of hydrogen-bond donors (Lipinski definition) is 0. The van der Waals surface area contributed by atoms with Crippen LogP contribution in [0.5, 0.6) is 0 Å². The van der Waals surface area contributed by atoms with E-state index in [9.17, 15) is 0 Å². The van der Waals surface area contributed by atoms with Crippen molar-refractivity contribution >= 4 is 0 Å². The van der Waals surface area contributed by atoms with Gasteiger partial charge in [-0.15, -0.1) is 0 Å². The highest BCUT2D eigenvalue weighted by molar-refractivity contribution is 5.91. The van der Waals surface area contributed by atoms with Crippen LogP contribution in [-0.2, 0) is 5.41 Å². The first-order valence-electron chi connectivity index (χ1n) is 19.4. The second-order valence-electron chi connectivity index (χ2n) is 15.0. The summed E-state index contributed by atoms with van der Waals surface area (Å²) in [4.78, 5) is 5.13. The second kappa shape index (κ2) is 13.6. The molecular formula is C53H41N. The first-order valence-corrected chi connectivity index (χ1v) is 19.4. The molecule has 0 unspecified atom stereocenters. The van der Waals surface area contributed by atoms with Crippen LogP contribution in [0.2, 0.25) is 0 Å². The van der Waals surface area contributed by atoms with E-state index in [0.717, 1.165) is 28.1 Å². The van der Waals surface area contributed by atoms with Crippen molar-refractivity contribution in [1.29, 1.82) is 0 Å². The van der Waals surface area contributed by atoms with Crippen molar-refractivity contribution in [3.8, 4) is 78.1 Å². The van der Waals surface area contributed by atoms with Gasteiger partial charge in [0, 0.05) is 16.5 Å². The predicted octanol–water partition coefficient (Wildman–Crippen LogP) is 14.3. The number of nitrogens with zero attached hydrogens (tertiary/aromatic N) is 1. The number of pyridine rings is 1. The molecule has 54 heavy (non-hydrogen) atoms. The zero-order chi connectivity index (χ0) is 35.9. The van der Waals surface area contributed by atoms with Gasteiger partial charge in [-0.1, -0.05) is 177 Å². The van der Waals surface area contributed by atoms with Crippen molar-refractivity contribution in [2.24, 2.45) is 0 Å². The zero-order valence-corrected chi connectivity index (χ0v) is 30.4. The van der Waals surface area contributed by atoms with E-state index >= 15 is 0 Å². The first-order chi connectivity index (χ1) is 26.7. The molecule has 0 aliphatic heterocycles. The lowest BCUT2D eigenvalue weighted by molar-refractivity contribution is 0.353. The van der Waals surface area contributed by atoms with Crippen LogP contribution in [0, 0.1) is 0 Å². The molecule has 1 aromatic heterocycles. The molecule has 0 saturated heterocycles. The number of hydrogen-bond acceptors (Lipinski definition) is 1. The van der Waals surface area contributed by atoms with Gasteiger partial charge in [-0.3, -0.25) is 0 Å². The minimum Gasteiger partial charge on any atom is -0.248 e. The van der Waals surface area contributed by atoms with Gasteiger partial charge < -0.3 is 0 Å². The maximum atomic E-state index is 5.13. The Morgan fingerprint density at radius 1 is 0.296 bits per heavy atom. The minimum absolute atomic E-state index is 0.172. The molecule has 1 heterocycles. The van der Waals surface area contributed by atoms with E-state index in [-0.39, 0.29) is 5.41 Å². The van der Waals surface area contributed by atoms with E-state index in [1.807, 2.05) is 0 Å². The summed E-state index contributed by atoms with van der Waals surface area (Å²) in [5, 5.41) is 0. The Labute approximate surface area is 318 Å². The molecule has 0 amide bonds. The van der Waals surface area contributed by atoms with Crippen molar-refractivity contribution in [2.75, 3.05) is 0 Å². The Morgan fingerprint density at radius 3 is 1.50 bits per heavy atom. The van der Waals surface area contributed by atoms with Crippen LogP contribution in [0.4, 0.5) is 0 Å². The van der Waals surface area contributed by atoms with Crippen molar-refractivity contribution in [1.82, 2.24) is 4.98 Å². The maximum absolute atomic E-state index is 5.13. The standard InChI is InChI=1S/C53H41N/c1-5-16-37(17-6-1)47-33-41(42-27-29-50-48(34-42)46-24-11-12-25-49(46)53(50)30-13-4-14-31-53)26-28-45(47)43-23-15-22-40(32-43)44-35-51(38-18-7-2-8-19-38)54-52(36-44)39-20-9-3-10-21-39/h1-3,5-12,15-29,32-36H,4,13-14,30-31H2. The quantitative estimate of drug-likeness (QED) is 0.169. The fraction of sp³-hybridized carbons (Fsp3) is 0.113. The SMILES string of the molecule is c1ccc(-c2cc(-c3cccc(-c4ccc(-c5ccc6c(c5)-c5ccccc5C65CCCCC5)cc4-c4ccccc4)c3)cc(-c3ccccc3)n2)cc1. The van der Waals surface area contributed by atoms with Gasteiger partial charge >= 0.3 is 0 Å². The van der Waals surface area contributed by atoms with E-state index in [4.69, 9.17) is 4.98 Å². The Bertz CT molecular complexity index is 2560. The Morgan fingerprint density at radius 2 is 0.815 bits per heavy atom. The number of fused-ring (bicyclic) bond motifs is 5. The fourth-order valence-electron chi connectivity index (χ4n) is 9.25. The molecule has 0 bridgehead atoms. The molecule has 258 valence electrons. The van der Waals surface area contributed by atoms with Crippen LogP contribution in [-0.4, -0.2) is 4.98 Å². The molecule has 0 atom stereocenters. The predicted molar refractivity (Wildman–Crippen MR) is 226 cm³/mol. The molecule has 10 rings (SSSR count). The summed E-state index contributed by atoms with van der Waals surface area (Å²) in [7, 11) is 0. The van der Waals surface area contributed by atoms with Gasteiger partial charge in [0.25, 0.3) is 0 Å². The highest BCUT2D eigenvalue weighted by Crippen LogP contribution is 2.56. The molecule has 8 aromatic rings. The monoisotopic (exact) mass is 691 g/mol. The molecule has 0 radical (unpaired) electrons. The van der Waals surface area contributed by atoms with Crippen molar-refractivity contribution < 1.29 is 0 Å². The highest BCUT2D eigenvalue weighted by atomic mass is 14.7. The topological polar surface area (TPSA) is 12.9 Å². The van der Waals surface area contributed by atoms with Crippen LogP contribution >= 0.6 is 0 Å². The summed E-state index contributed by atoms with van der Waals surface area (Å²) in [5.74, 6) is 0. The summed E-state index contributed by atoms with van der Waals surface area (Å²) in [6.45, 7) is 0. The minimum atomic E-state index is 0.172. The molecule has 1 saturated carbocycles. The molecular weight excluding hydrogens is 651 g/mol. The van der Waals surface area contributed by atoms with Crippen LogP contribution in [0.25, 0.3) is 78.1 Å². The third-order valence-corrected chi connectivity index (χ3v) is 11.9. The third-order valence-electron chi connectivity index (χ3n) is 11.9. The lowest BCUT2D eigenvalue weighted by atomic mass is 9.68. The van der Waals surface area contributed by atoms with Gasteiger partial charge in [0.1, 0.15) is 0 Å². The molecule has 1 fully saturated rings. The van der Waals surface area contributed by atoms with Gasteiger partial charge in [0.05, 0.1) is 11.4 Å². The molecule has 1 heteroatoms. The summed E-state index contributed by atoms with van der Waals surface area (Å²) in [5.41, 5.74) is 20.0. The normalized spacial score (nSPS) is 14.1. The van der Waals surface area contributed by atoms with Gasteiger partial charge in [-0.05, 0) is 110 Å². The smallest absolute Gasteiger partial charge is 0.0715 e. The average molecular weight is 692 g/mol. The van der Waals surface area contributed by atoms with Crippen LogP contribution < -0.4 is 0 Å². The van der Waals surface area contributed by atoms with Crippen LogP contribution in [0.1, 0.15) is 43.2 Å². The lowest BCUT2D eigenvalue weighted by Gasteiger charge is -2.36. The average Bonchev–Trinajstić information content (AvgIpc) is 3.52. The van der Waals surface area contributed by atoms with Crippen molar-refractivity contribution in [2.45, 2.75) is 37.5 Å². The van der Waals surface area contributed by atoms with E-state index in [0.29, 0.717) is 0 Å². The van der Waals surface area contributed by atoms with Gasteiger partial charge in [0.2, 0.25) is 0 Å². The molecule has 7 aromatic carbocycles. The maximum Gasteiger partial charge on any atom is 0.0715 e. The van der Waals surface area contributed by atoms with E-state index in [2.05, 4.69) is 188 Å². The lowest BCUT2D eigenvalue weighted by Crippen LogP contribution is -2.27. The van der Waals surface area contributed by atoms with Gasteiger partial charge in [0.15, 0.2) is 0 Å². The number of aromatic nitrogens is 1. The molecule has 2 aliphatic rings. The largest absolute Gasteiger partial charge is 0.248 e. The first kappa shape index (κ1) is 32.3. The molecule has 2 aliphatic carbocycles. The molecule has 1 spiro atoms. The van der Waals surface area contributed by atoms with Crippen LogP contribution in [0.15, 0.2) is 188 Å². The van der Waals surface area contributed by atoms with Crippen molar-refractivity contribution in [3.63, 3.8) is 0 Å². The third kappa shape index (κ3) is 5.69.